The van der Waals surface area contributed by atoms with Crippen molar-refractivity contribution in [1.29, 1.82) is 0 Å². The highest BCUT2D eigenvalue weighted by Crippen LogP contribution is 2.25. The fourth-order valence-corrected chi connectivity index (χ4v) is 1.78. The van der Waals surface area contributed by atoms with Crippen molar-refractivity contribution in [3.63, 3.8) is 0 Å². The van der Waals surface area contributed by atoms with Gasteiger partial charge in [-0.15, -0.1) is 0 Å². The van der Waals surface area contributed by atoms with Gasteiger partial charge in [-0.1, -0.05) is 23.7 Å². The molecule has 1 unspecified atom stereocenters. The molecule has 2 nitrogen and oxygen atoms in total. The number of rotatable bonds is 4. The Bertz CT molecular complexity index is 560. The predicted molar refractivity (Wildman–Crippen MR) is 70.2 cm³/mol. The topological polar surface area (TPSA) is 35.2 Å². The third kappa shape index (κ3) is 3.43. The lowest BCUT2D eigenvalue weighted by atomic mass is 10.1. The Morgan fingerprint density at radius 3 is 2.37 bits per heavy atom. The van der Waals surface area contributed by atoms with Crippen LogP contribution in [0.5, 0.6) is 5.75 Å². The summed E-state index contributed by atoms with van der Waals surface area (Å²) in [6.07, 6.45) is -0.516. The number of halogens is 3. The van der Waals surface area contributed by atoms with Crippen LogP contribution in [0.1, 0.15) is 11.7 Å². The van der Waals surface area contributed by atoms with Crippen molar-refractivity contribution in [3.05, 3.63) is 64.7 Å². The Balaban J connectivity index is 2.21. The van der Waals surface area contributed by atoms with E-state index in [-0.39, 0.29) is 12.3 Å². The molecule has 100 valence electrons. The molecule has 19 heavy (non-hydrogen) atoms. The SMILES string of the molecule is NCC(Oc1ccc(F)cc1F)c1ccc(Cl)cc1. The number of nitrogens with two attached hydrogens (primary N) is 1. The van der Waals surface area contributed by atoms with E-state index < -0.39 is 17.7 Å². The van der Waals surface area contributed by atoms with Gasteiger partial charge in [0.1, 0.15) is 11.9 Å². The largest absolute Gasteiger partial charge is 0.481 e. The number of ether oxygens (including phenoxy) is 1. The molecule has 1 atom stereocenters. The summed E-state index contributed by atoms with van der Waals surface area (Å²) in [5.41, 5.74) is 6.39. The molecule has 2 rings (SSSR count). The van der Waals surface area contributed by atoms with E-state index in [4.69, 9.17) is 22.1 Å². The second kappa shape index (κ2) is 5.99. The molecule has 0 fully saturated rings. The summed E-state index contributed by atoms with van der Waals surface area (Å²) in [7, 11) is 0. The molecule has 0 spiro atoms. The van der Waals surface area contributed by atoms with Crippen LogP contribution in [0.3, 0.4) is 0 Å². The first kappa shape index (κ1) is 13.8. The first-order valence-electron chi connectivity index (χ1n) is 5.67. The molecule has 0 aliphatic heterocycles. The van der Waals surface area contributed by atoms with E-state index in [9.17, 15) is 8.78 Å². The van der Waals surface area contributed by atoms with Gasteiger partial charge in [-0.2, -0.15) is 0 Å². The Kier molecular flexibility index (Phi) is 4.35. The summed E-state index contributed by atoms with van der Waals surface area (Å²) in [4.78, 5) is 0. The van der Waals surface area contributed by atoms with E-state index in [0.29, 0.717) is 5.02 Å². The van der Waals surface area contributed by atoms with Crippen LogP contribution >= 0.6 is 11.6 Å². The maximum Gasteiger partial charge on any atom is 0.168 e. The van der Waals surface area contributed by atoms with Crippen molar-refractivity contribution in [2.45, 2.75) is 6.10 Å². The molecule has 0 aliphatic carbocycles. The van der Waals surface area contributed by atoms with Gasteiger partial charge in [-0.3, -0.25) is 0 Å². The van der Waals surface area contributed by atoms with Gasteiger partial charge in [-0.05, 0) is 29.8 Å². The van der Waals surface area contributed by atoms with Gasteiger partial charge in [-0.25, -0.2) is 8.78 Å². The lowest BCUT2D eigenvalue weighted by Crippen LogP contribution is -2.18. The quantitative estimate of drug-likeness (QED) is 0.929. The second-order valence-corrected chi connectivity index (χ2v) is 4.40. The summed E-state index contributed by atoms with van der Waals surface area (Å²) in [6.45, 7) is 0.165. The maximum atomic E-state index is 13.5. The van der Waals surface area contributed by atoms with Crippen molar-refractivity contribution in [1.82, 2.24) is 0 Å². The molecule has 2 aromatic carbocycles. The van der Waals surface area contributed by atoms with E-state index in [1.165, 1.54) is 6.07 Å². The third-order valence-electron chi connectivity index (χ3n) is 2.62. The molecule has 0 saturated heterocycles. The van der Waals surface area contributed by atoms with Crippen LogP contribution in [-0.2, 0) is 0 Å². The zero-order chi connectivity index (χ0) is 13.8. The van der Waals surface area contributed by atoms with Gasteiger partial charge in [0, 0.05) is 17.6 Å². The van der Waals surface area contributed by atoms with E-state index in [0.717, 1.165) is 17.7 Å². The average molecular weight is 284 g/mol. The molecule has 0 radical (unpaired) electrons. The van der Waals surface area contributed by atoms with E-state index in [1.54, 1.807) is 24.3 Å². The number of benzene rings is 2. The predicted octanol–water partition coefficient (Wildman–Crippen LogP) is 3.70. The molecule has 0 heterocycles. The van der Waals surface area contributed by atoms with Crippen molar-refractivity contribution in [2.24, 2.45) is 5.73 Å². The summed E-state index contributed by atoms with van der Waals surface area (Å²) in [5.74, 6) is -1.44. The Morgan fingerprint density at radius 2 is 1.79 bits per heavy atom. The molecular weight excluding hydrogens is 272 g/mol. The summed E-state index contributed by atoms with van der Waals surface area (Å²) >= 11 is 5.79. The van der Waals surface area contributed by atoms with Crippen LogP contribution in [0.15, 0.2) is 42.5 Å². The first-order chi connectivity index (χ1) is 9.10. The highest BCUT2D eigenvalue weighted by atomic mass is 35.5. The maximum absolute atomic E-state index is 13.5. The second-order valence-electron chi connectivity index (χ2n) is 3.97. The number of hydrogen-bond acceptors (Lipinski definition) is 2. The summed E-state index contributed by atoms with van der Waals surface area (Å²) in [6, 6.07) is 10.0. The molecule has 2 N–H and O–H groups in total. The molecular formula is C14H12ClF2NO. The van der Waals surface area contributed by atoms with Gasteiger partial charge in [0.15, 0.2) is 11.6 Å². The first-order valence-corrected chi connectivity index (χ1v) is 6.05. The Labute approximate surface area is 114 Å². The smallest absolute Gasteiger partial charge is 0.168 e. The van der Waals surface area contributed by atoms with Gasteiger partial charge >= 0.3 is 0 Å². The third-order valence-corrected chi connectivity index (χ3v) is 2.87. The Morgan fingerprint density at radius 1 is 1.11 bits per heavy atom. The summed E-state index contributed by atoms with van der Waals surface area (Å²) in [5, 5.41) is 0.590. The normalized spacial score (nSPS) is 12.2. The minimum atomic E-state index is -0.757. The fraction of sp³-hybridized carbons (Fsp3) is 0.143. The standard InChI is InChI=1S/C14H12ClF2NO/c15-10-3-1-9(2-4-10)14(8-18)19-13-6-5-11(16)7-12(13)17/h1-7,14H,8,18H2. The van der Waals surface area contributed by atoms with Gasteiger partial charge in [0.05, 0.1) is 0 Å². The van der Waals surface area contributed by atoms with Crippen molar-refractivity contribution in [3.8, 4) is 5.75 Å². The monoisotopic (exact) mass is 283 g/mol. The minimum absolute atomic E-state index is 0.0354. The van der Waals surface area contributed by atoms with Crippen LogP contribution in [0.2, 0.25) is 5.02 Å². The molecule has 0 aromatic heterocycles. The van der Waals surface area contributed by atoms with E-state index in [1.807, 2.05) is 0 Å². The lowest BCUT2D eigenvalue weighted by Gasteiger charge is -2.18. The molecule has 0 saturated carbocycles. The van der Waals surface area contributed by atoms with Gasteiger partial charge in [0.25, 0.3) is 0 Å². The Hall–Kier alpha value is -1.65. The molecule has 2 aromatic rings. The van der Waals surface area contributed by atoms with Crippen LogP contribution in [0, 0.1) is 11.6 Å². The lowest BCUT2D eigenvalue weighted by molar-refractivity contribution is 0.204. The van der Waals surface area contributed by atoms with Gasteiger partial charge in [0.2, 0.25) is 0 Å². The minimum Gasteiger partial charge on any atom is -0.481 e. The fourth-order valence-electron chi connectivity index (χ4n) is 1.65. The summed E-state index contributed by atoms with van der Waals surface area (Å²) < 4.78 is 31.8. The highest BCUT2D eigenvalue weighted by molar-refractivity contribution is 6.30. The zero-order valence-electron chi connectivity index (χ0n) is 9.95. The molecule has 0 bridgehead atoms. The molecule has 0 amide bonds. The van der Waals surface area contributed by atoms with Gasteiger partial charge < -0.3 is 10.5 Å². The average Bonchev–Trinajstić information content (AvgIpc) is 2.39. The highest BCUT2D eigenvalue weighted by Gasteiger charge is 2.14. The molecule has 5 heteroatoms. The van der Waals surface area contributed by atoms with Crippen molar-refractivity contribution in [2.75, 3.05) is 6.54 Å². The zero-order valence-corrected chi connectivity index (χ0v) is 10.7. The van der Waals surface area contributed by atoms with Crippen LogP contribution in [0.4, 0.5) is 8.78 Å². The van der Waals surface area contributed by atoms with Crippen molar-refractivity contribution >= 4 is 11.6 Å². The van der Waals surface area contributed by atoms with Crippen LogP contribution in [-0.4, -0.2) is 6.54 Å². The van der Waals surface area contributed by atoms with Crippen LogP contribution in [0.25, 0.3) is 0 Å². The van der Waals surface area contributed by atoms with E-state index in [2.05, 4.69) is 0 Å². The molecule has 0 aliphatic rings. The van der Waals surface area contributed by atoms with E-state index >= 15 is 0 Å². The van der Waals surface area contributed by atoms with Crippen LogP contribution < -0.4 is 10.5 Å². The number of hydrogen-bond donors (Lipinski definition) is 1. The van der Waals surface area contributed by atoms with Crippen molar-refractivity contribution < 1.29 is 13.5 Å².